The van der Waals surface area contributed by atoms with Crippen LogP contribution in [0.25, 0.3) is 22.1 Å². The molecule has 5 nitrogen and oxygen atoms in total. The molecule has 0 fully saturated rings. The van der Waals surface area contributed by atoms with Crippen molar-refractivity contribution in [3.63, 3.8) is 0 Å². The van der Waals surface area contributed by atoms with Crippen LogP contribution >= 0.6 is 11.6 Å². The van der Waals surface area contributed by atoms with Crippen LogP contribution < -0.4 is 5.63 Å². The van der Waals surface area contributed by atoms with Crippen molar-refractivity contribution in [1.82, 2.24) is 0 Å². The first kappa shape index (κ1) is 17.9. The molecule has 0 N–H and O–H groups in total. The Balaban J connectivity index is 2.18. The lowest BCUT2D eigenvalue weighted by Gasteiger charge is -2.12. The number of hydrogen-bond donors (Lipinski definition) is 0. The second-order valence-electron chi connectivity index (χ2n) is 5.58. The highest BCUT2D eigenvalue weighted by atomic mass is 35.5. The number of ether oxygens (including phenoxy) is 1. The summed E-state index contributed by atoms with van der Waals surface area (Å²) in [6.45, 7) is 1.83. The Bertz CT molecular complexity index is 1040. The maximum Gasteiger partial charge on any atom is 0.336 e. The van der Waals surface area contributed by atoms with Crippen molar-refractivity contribution < 1.29 is 18.7 Å². The van der Waals surface area contributed by atoms with Crippen molar-refractivity contribution >= 4 is 34.8 Å². The van der Waals surface area contributed by atoms with Gasteiger partial charge in [-0.1, -0.05) is 41.9 Å². The SMILES string of the molecule is CCOC(=O)C(C=O)c1ccc2c(-c3ccccc3Cl)cc(=O)oc2c1. The maximum absolute atomic E-state index is 12.0. The number of benzene rings is 2. The Morgan fingerprint density at radius 3 is 2.65 bits per heavy atom. The van der Waals surface area contributed by atoms with Gasteiger partial charge in [-0.25, -0.2) is 4.79 Å². The van der Waals surface area contributed by atoms with E-state index in [2.05, 4.69) is 0 Å². The fraction of sp³-hybridized carbons (Fsp3) is 0.150. The van der Waals surface area contributed by atoms with Crippen molar-refractivity contribution in [2.45, 2.75) is 12.8 Å². The Morgan fingerprint density at radius 2 is 1.96 bits per heavy atom. The summed E-state index contributed by atoms with van der Waals surface area (Å²) in [6, 6.07) is 13.4. The van der Waals surface area contributed by atoms with Crippen LogP contribution in [0.3, 0.4) is 0 Å². The molecule has 6 heteroatoms. The van der Waals surface area contributed by atoms with Gasteiger partial charge in [-0.2, -0.15) is 0 Å². The van der Waals surface area contributed by atoms with E-state index in [-0.39, 0.29) is 12.2 Å². The summed E-state index contributed by atoms with van der Waals surface area (Å²) in [4.78, 5) is 35.3. The number of carbonyl (C=O) groups is 2. The highest BCUT2D eigenvalue weighted by Crippen LogP contribution is 2.33. The average molecular weight is 371 g/mol. The predicted octanol–water partition coefficient (Wildman–Crippen LogP) is 3.96. The van der Waals surface area contributed by atoms with E-state index in [1.54, 1.807) is 37.3 Å². The Morgan fingerprint density at radius 1 is 1.19 bits per heavy atom. The third-order valence-corrected chi connectivity index (χ3v) is 4.30. The van der Waals surface area contributed by atoms with E-state index in [0.29, 0.717) is 33.4 Å². The van der Waals surface area contributed by atoms with Crippen LogP contribution in [0.4, 0.5) is 0 Å². The molecule has 0 aliphatic heterocycles. The van der Waals surface area contributed by atoms with E-state index in [4.69, 9.17) is 20.8 Å². The molecule has 1 heterocycles. The number of rotatable bonds is 5. The van der Waals surface area contributed by atoms with Gasteiger partial charge < -0.3 is 13.9 Å². The van der Waals surface area contributed by atoms with Gasteiger partial charge in [0.25, 0.3) is 0 Å². The second-order valence-corrected chi connectivity index (χ2v) is 5.99. The quantitative estimate of drug-likeness (QED) is 0.294. The van der Waals surface area contributed by atoms with Gasteiger partial charge in [0.05, 0.1) is 6.61 Å². The first-order valence-corrected chi connectivity index (χ1v) is 8.37. The fourth-order valence-corrected chi connectivity index (χ4v) is 3.02. The van der Waals surface area contributed by atoms with E-state index < -0.39 is 17.5 Å². The molecule has 0 radical (unpaired) electrons. The van der Waals surface area contributed by atoms with Crippen molar-refractivity contribution in [2.75, 3.05) is 6.61 Å². The molecule has 0 bridgehead atoms. The summed E-state index contributed by atoms with van der Waals surface area (Å²) in [5, 5.41) is 1.15. The highest BCUT2D eigenvalue weighted by Gasteiger charge is 2.22. The minimum Gasteiger partial charge on any atom is -0.465 e. The fourth-order valence-electron chi connectivity index (χ4n) is 2.78. The first-order valence-electron chi connectivity index (χ1n) is 7.99. The molecule has 3 rings (SSSR count). The lowest BCUT2D eigenvalue weighted by molar-refractivity contribution is -0.146. The molecule has 0 amide bonds. The van der Waals surface area contributed by atoms with E-state index in [1.165, 1.54) is 12.1 Å². The smallest absolute Gasteiger partial charge is 0.336 e. The summed E-state index contributed by atoms with van der Waals surface area (Å²) in [7, 11) is 0. The van der Waals surface area contributed by atoms with Crippen LogP contribution in [0.1, 0.15) is 18.4 Å². The topological polar surface area (TPSA) is 73.6 Å². The molecule has 0 spiro atoms. The number of aldehydes is 1. The van der Waals surface area contributed by atoms with Gasteiger partial charge in [0.2, 0.25) is 0 Å². The number of carbonyl (C=O) groups excluding carboxylic acids is 2. The summed E-state index contributed by atoms with van der Waals surface area (Å²) in [6.07, 6.45) is 0.509. The van der Waals surface area contributed by atoms with Crippen LogP contribution in [0.5, 0.6) is 0 Å². The predicted molar refractivity (Wildman–Crippen MR) is 98.4 cm³/mol. The van der Waals surface area contributed by atoms with Gasteiger partial charge >= 0.3 is 11.6 Å². The molecule has 0 aliphatic rings. The zero-order valence-electron chi connectivity index (χ0n) is 13.9. The Labute approximate surface area is 154 Å². The largest absolute Gasteiger partial charge is 0.465 e. The molecule has 132 valence electrons. The first-order chi connectivity index (χ1) is 12.5. The molecule has 0 aliphatic carbocycles. The zero-order chi connectivity index (χ0) is 18.7. The molecule has 2 aromatic carbocycles. The maximum atomic E-state index is 12.0. The van der Waals surface area contributed by atoms with Gasteiger partial charge in [-0.3, -0.25) is 4.79 Å². The minimum atomic E-state index is -1.08. The van der Waals surface area contributed by atoms with Crippen LogP contribution in [0, 0.1) is 0 Å². The van der Waals surface area contributed by atoms with Crippen molar-refractivity contribution in [2.24, 2.45) is 0 Å². The van der Waals surface area contributed by atoms with Gasteiger partial charge in [-0.05, 0) is 24.6 Å². The standard InChI is InChI=1S/C20H15ClO5/c1-2-25-20(24)16(11-22)12-7-8-14-15(10-19(23)26-18(14)9-12)13-5-3-4-6-17(13)21/h3-11,16H,2H2,1H3. The molecular formula is C20H15ClO5. The molecule has 3 aromatic rings. The average Bonchev–Trinajstić information content (AvgIpc) is 2.62. The lowest BCUT2D eigenvalue weighted by Crippen LogP contribution is -2.17. The normalized spacial score (nSPS) is 11.9. The number of fused-ring (bicyclic) bond motifs is 1. The van der Waals surface area contributed by atoms with E-state index in [9.17, 15) is 14.4 Å². The summed E-state index contributed by atoms with van der Waals surface area (Å²) < 4.78 is 10.2. The molecule has 1 unspecified atom stereocenters. The van der Waals surface area contributed by atoms with Crippen molar-refractivity contribution in [3.8, 4) is 11.1 Å². The monoisotopic (exact) mass is 370 g/mol. The zero-order valence-corrected chi connectivity index (χ0v) is 14.7. The molecular weight excluding hydrogens is 356 g/mol. The van der Waals surface area contributed by atoms with Gasteiger partial charge in [0.15, 0.2) is 0 Å². The van der Waals surface area contributed by atoms with Crippen molar-refractivity contribution in [1.29, 1.82) is 0 Å². The summed E-state index contributed by atoms with van der Waals surface area (Å²) in [5.74, 6) is -1.72. The number of halogens is 1. The molecule has 26 heavy (non-hydrogen) atoms. The third kappa shape index (κ3) is 3.39. The van der Waals surface area contributed by atoms with Crippen molar-refractivity contribution in [3.05, 3.63) is 69.5 Å². The van der Waals surface area contributed by atoms with E-state index in [0.717, 1.165) is 0 Å². The lowest BCUT2D eigenvalue weighted by atomic mass is 9.96. The minimum absolute atomic E-state index is 0.169. The molecule has 1 atom stereocenters. The van der Waals surface area contributed by atoms with Crippen LogP contribution in [-0.2, 0) is 14.3 Å². The highest BCUT2D eigenvalue weighted by molar-refractivity contribution is 6.33. The van der Waals surface area contributed by atoms with E-state index >= 15 is 0 Å². The summed E-state index contributed by atoms with van der Waals surface area (Å²) in [5.41, 5.74) is 1.42. The number of hydrogen-bond acceptors (Lipinski definition) is 5. The van der Waals surface area contributed by atoms with Crippen LogP contribution in [0.2, 0.25) is 5.02 Å². The van der Waals surface area contributed by atoms with Gasteiger partial charge in [0, 0.05) is 27.6 Å². The number of esters is 1. The van der Waals surface area contributed by atoms with E-state index in [1.807, 2.05) is 6.07 Å². The molecule has 0 saturated carbocycles. The third-order valence-electron chi connectivity index (χ3n) is 3.97. The molecule has 1 aromatic heterocycles. The van der Waals surface area contributed by atoms with Crippen LogP contribution in [0.15, 0.2) is 57.7 Å². The second kappa shape index (κ2) is 7.54. The van der Waals surface area contributed by atoms with Gasteiger partial charge in [-0.15, -0.1) is 0 Å². The summed E-state index contributed by atoms with van der Waals surface area (Å²) >= 11 is 6.25. The molecule has 0 saturated heterocycles. The van der Waals surface area contributed by atoms with Gasteiger partial charge in [0.1, 0.15) is 17.8 Å². The Hall–Kier alpha value is -2.92. The Kier molecular flexibility index (Phi) is 5.19. The van der Waals surface area contributed by atoms with Crippen LogP contribution in [-0.4, -0.2) is 18.9 Å².